The number of nitrogens with two attached hydrogens (primary N) is 1. The molecule has 3 N–H and O–H groups in total. The fourth-order valence-corrected chi connectivity index (χ4v) is 1.84. The summed E-state index contributed by atoms with van der Waals surface area (Å²) in [5.41, 5.74) is 7.09. The number of anilines is 2. The molecule has 0 fully saturated rings. The molecule has 0 heterocycles. The number of hydrogen-bond acceptors (Lipinski definition) is 3. The topological polar surface area (TPSA) is 64.3 Å². The molecule has 0 atom stereocenters. The summed E-state index contributed by atoms with van der Waals surface area (Å²) in [5.74, 6) is 0.228. The molecule has 4 nitrogen and oxygen atoms in total. The van der Waals surface area contributed by atoms with Crippen LogP contribution in [0.1, 0.15) is 10.4 Å². The van der Waals surface area contributed by atoms with Crippen LogP contribution < -0.4 is 15.8 Å². The van der Waals surface area contributed by atoms with Gasteiger partial charge in [-0.15, -0.1) is 0 Å². The molecule has 0 aliphatic rings. The van der Waals surface area contributed by atoms with Gasteiger partial charge in [0.25, 0.3) is 5.91 Å². The Hall–Kier alpha value is -2.20. The molecule has 0 radical (unpaired) electrons. The van der Waals surface area contributed by atoms with Crippen molar-refractivity contribution < 1.29 is 9.53 Å². The van der Waals surface area contributed by atoms with Gasteiger partial charge in [0.1, 0.15) is 5.75 Å². The zero-order chi connectivity index (χ0) is 13.8. The number of carbonyl (C=O) groups excluding carboxylic acids is 1. The molecule has 98 valence electrons. The first-order valence-electron chi connectivity index (χ1n) is 5.61. The Morgan fingerprint density at radius 1 is 1.26 bits per heavy atom. The van der Waals surface area contributed by atoms with E-state index in [1.807, 2.05) is 0 Å². The molecular formula is C14H13ClN2O2. The van der Waals surface area contributed by atoms with Crippen molar-refractivity contribution in [3.05, 3.63) is 53.1 Å². The fraction of sp³-hybridized carbons (Fsp3) is 0.0714. The van der Waals surface area contributed by atoms with Gasteiger partial charge in [0, 0.05) is 10.7 Å². The highest BCUT2D eigenvalue weighted by molar-refractivity contribution is 6.31. The summed E-state index contributed by atoms with van der Waals surface area (Å²) >= 11 is 5.90. The first-order valence-corrected chi connectivity index (χ1v) is 5.99. The Balaban J connectivity index is 2.29. The second-order valence-corrected chi connectivity index (χ2v) is 4.32. The molecule has 1 amide bonds. The molecule has 0 aliphatic carbocycles. The van der Waals surface area contributed by atoms with Crippen LogP contribution >= 0.6 is 11.6 Å². The van der Waals surface area contributed by atoms with Crippen LogP contribution in [0.3, 0.4) is 0 Å². The van der Waals surface area contributed by atoms with Crippen molar-refractivity contribution in [3.8, 4) is 5.75 Å². The van der Waals surface area contributed by atoms with E-state index in [1.165, 1.54) is 7.11 Å². The van der Waals surface area contributed by atoms with Gasteiger partial charge in [-0.25, -0.2) is 0 Å². The van der Waals surface area contributed by atoms with Crippen LogP contribution in [-0.4, -0.2) is 13.0 Å². The maximum Gasteiger partial charge on any atom is 0.257 e. The van der Waals surface area contributed by atoms with Gasteiger partial charge in [-0.1, -0.05) is 23.7 Å². The molecule has 0 saturated heterocycles. The number of methoxy groups -OCH3 is 1. The Bertz CT molecular complexity index is 614. The second kappa shape index (κ2) is 5.63. The van der Waals surface area contributed by atoms with Crippen molar-refractivity contribution in [1.82, 2.24) is 0 Å². The minimum absolute atomic E-state index is 0.307. The van der Waals surface area contributed by atoms with E-state index in [0.717, 1.165) is 0 Å². The lowest BCUT2D eigenvalue weighted by Crippen LogP contribution is -2.14. The number of carbonyl (C=O) groups is 1. The van der Waals surface area contributed by atoms with Gasteiger partial charge in [0.05, 0.1) is 18.4 Å². The lowest BCUT2D eigenvalue weighted by atomic mass is 10.1. The summed E-state index contributed by atoms with van der Waals surface area (Å²) in [4.78, 5) is 12.1. The number of amides is 1. The monoisotopic (exact) mass is 276 g/mol. The second-order valence-electron chi connectivity index (χ2n) is 3.89. The van der Waals surface area contributed by atoms with Gasteiger partial charge in [-0.3, -0.25) is 4.79 Å². The van der Waals surface area contributed by atoms with Crippen molar-refractivity contribution >= 4 is 28.9 Å². The zero-order valence-electron chi connectivity index (χ0n) is 10.3. The number of para-hydroxylation sites is 1. The third-order valence-corrected chi connectivity index (χ3v) is 2.85. The van der Waals surface area contributed by atoms with E-state index in [0.29, 0.717) is 27.7 Å². The third-order valence-electron chi connectivity index (χ3n) is 2.62. The lowest BCUT2D eigenvalue weighted by molar-refractivity contribution is 0.102. The van der Waals surface area contributed by atoms with Gasteiger partial charge in [0.2, 0.25) is 0 Å². The van der Waals surface area contributed by atoms with Crippen molar-refractivity contribution in [2.75, 3.05) is 18.2 Å². The molecular weight excluding hydrogens is 264 g/mol. The number of benzene rings is 2. The van der Waals surface area contributed by atoms with Crippen LogP contribution in [0.4, 0.5) is 11.4 Å². The molecule has 2 aromatic carbocycles. The van der Waals surface area contributed by atoms with Crippen LogP contribution in [0.25, 0.3) is 0 Å². The van der Waals surface area contributed by atoms with Crippen molar-refractivity contribution in [2.24, 2.45) is 0 Å². The fourth-order valence-electron chi connectivity index (χ4n) is 1.67. The molecule has 0 bridgehead atoms. The Morgan fingerprint density at radius 3 is 2.68 bits per heavy atom. The molecule has 0 saturated carbocycles. The van der Waals surface area contributed by atoms with Gasteiger partial charge in [-0.05, 0) is 30.3 Å². The number of nitrogen functional groups attached to an aromatic ring is 1. The minimum Gasteiger partial charge on any atom is -0.495 e. The third kappa shape index (κ3) is 2.98. The number of ether oxygens (including phenoxy) is 1. The summed E-state index contributed by atoms with van der Waals surface area (Å²) in [7, 11) is 1.52. The molecule has 0 aliphatic heterocycles. The summed E-state index contributed by atoms with van der Waals surface area (Å²) in [6.45, 7) is 0. The summed E-state index contributed by atoms with van der Waals surface area (Å²) in [6.07, 6.45) is 0. The van der Waals surface area contributed by atoms with Crippen LogP contribution in [0.5, 0.6) is 5.75 Å². The molecule has 0 spiro atoms. The minimum atomic E-state index is -0.307. The van der Waals surface area contributed by atoms with Crippen LogP contribution in [0, 0.1) is 0 Å². The number of rotatable bonds is 3. The standard InChI is InChI=1S/C14H13ClN2O2/c1-19-13-7-6-9(15)8-12(13)17-14(18)10-4-2-3-5-11(10)16/h2-8H,16H2,1H3,(H,17,18). The molecule has 2 aromatic rings. The Morgan fingerprint density at radius 2 is 2.00 bits per heavy atom. The Kier molecular flexibility index (Phi) is 3.92. The van der Waals surface area contributed by atoms with E-state index in [2.05, 4.69) is 5.32 Å². The first-order chi connectivity index (χ1) is 9.11. The van der Waals surface area contributed by atoms with Gasteiger partial charge < -0.3 is 15.8 Å². The van der Waals surface area contributed by atoms with E-state index >= 15 is 0 Å². The van der Waals surface area contributed by atoms with Gasteiger partial charge in [-0.2, -0.15) is 0 Å². The number of halogens is 1. The quantitative estimate of drug-likeness (QED) is 0.846. The predicted molar refractivity (Wildman–Crippen MR) is 76.8 cm³/mol. The van der Waals surface area contributed by atoms with Crippen LogP contribution in [0.15, 0.2) is 42.5 Å². The molecule has 19 heavy (non-hydrogen) atoms. The molecule has 2 rings (SSSR count). The highest BCUT2D eigenvalue weighted by atomic mass is 35.5. The van der Waals surface area contributed by atoms with Crippen molar-refractivity contribution in [2.45, 2.75) is 0 Å². The maximum absolute atomic E-state index is 12.1. The zero-order valence-corrected chi connectivity index (χ0v) is 11.1. The van der Waals surface area contributed by atoms with Crippen LogP contribution in [0.2, 0.25) is 5.02 Å². The predicted octanol–water partition coefficient (Wildman–Crippen LogP) is 3.18. The largest absolute Gasteiger partial charge is 0.495 e. The molecule has 0 unspecified atom stereocenters. The van der Waals surface area contributed by atoms with Gasteiger partial charge >= 0.3 is 0 Å². The highest BCUT2D eigenvalue weighted by Gasteiger charge is 2.12. The summed E-state index contributed by atoms with van der Waals surface area (Å²) in [5, 5.41) is 3.24. The average Bonchev–Trinajstić information content (AvgIpc) is 2.39. The summed E-state index contributed by atoms with van der Waals surface area (Å²) in [6, 6.07) is 11.8. The SMILES string of the molecule is COc1ccc(Cl)cc1NC(=O)c1ccccc1N. The van der Waals surface area contributed by atoms with Crippen LogP contribution in [-0.2, 0) is 0 Å². The van der Waals surface area contributed by atoms with E-state index in [-0.39, 0.29) is 5.91 Å². The molecule has 5 heteroatoms. The normalized spacial score (nSPS) is 10.0. The Labute approximate surface area is 116 Å². The van der Waals surface area contributed by atoms with E-state index in [1.54, 1.807) is 42.5 Å². The summed E-state index contributed by atoms with van der Waals surface area (Å²) < 4.78 is 5.16. The van der Waals surface area contributed by atoms with E-state index < -0.39 is 0 Å². The molecule has 0 aromatic heterocycles. The first kappa shape index (κ1) is 13.2. The van der Waals surface area contributed by atoms with Crippen molar-refractivity contribution in [1.29, 1.82) is 0 Å². The number of hydrogen-bond donors (Lipinski definition) is 2. The lowest BCUT2D eigenvalue weighted by Gasteiger charge is -2.11. The smallest absolute Gasteiger partial charge is 0.257 e. The van der Waals surface area contributed by atoms with Gasteiger partial charge in [0.15, 0.2) is 0 Å². The highest BCUT2D eigenvalue weighted by Crippen LogP contribution is 2.28. The van der Waals surface area contributed by atoms with E-state index in [4.69, 9.17) is 22.1 Å². The number of nitrogens with one attached hydrogen (secondary N) is 1. The van der Waals surface area contributed by atoms with E-state index in [9.17, 15) is 4.79 Å². The maximum atomic E-state index is 12.1. The van der Waals surface area contributed by atoms with Crippen molar-refractivity contribution in [3.63, 3.8) is 0 Å². The average molecular weight is 277 g/mol.